The standard InChI is InChI=1S/C15H18N4O4/c1-4-22-14(20)11-5-7-12(8-6-11)17-15(21)19(3)9-13-16-10(2)23-18-13/h5-8H,4,9H2,1-3H3,(H,17,21). The summed E-state index contributed by atoms with van der Waals surface area (Å²) in [5.41, 5.74) is 1.000. The number of anilines is 1. The molecule has 0 unspecified atom stereocenters. The number of hydrogen-bond acceptors (Lipinski definition) is 6. The number of amides is 2. The molecule has 8 nitrogen and oxygen atoms in total. The van der Waals surface area contributed by atoms with Gasteiger partial charge in [-0.05, 0) is 31.2 Å². The van der Waals surface area contributed by atoms with Crippen molar-refractivity contribution >= 4 is 17.7 Å². The molecular weight excluding hydrogens is 300 g/mol. The third-order valence-electron chi connectivity index (χ3n) is 2.94. The molecule has 23 heavy (non-hydrogen) atoms. The second kappa shape index (κ2) is 7.39. The van der Waals surface area contributed by atoms with Crippen molar-refractivity contribution < 1.29 is 18.8 Å². The van der Waals surface area contributed by atoms with Crippen LogP contribution in [0.2, 0.25) is 0 Å². The molecule has 1 aromatic carbocycles. The molecule has 0 aliphatic heterocycles. The first kappa shape index (κ1) is 16.5. The number of benzene rings is 1. The Morgan fingerprint density at radius 2 is 2.00 bits per heavy atom. The zero-order valence-electron chi connectivity index (χ0n) is 13.2. The van der Waals surface area contributed by atoms with Gasteiger partial charge in [-0.3, -0.25) is 0 Å². The van der Waals surface area contributed by atoms with Crippen molar-refractivity contribution in [3.63, 3.8) is 0 Å². The van der Waals surface area contributed by atoms with Gasteiger partial charge in [0.1, 0.15) is 0 Å². The van der Waals surface area contributed by atoms with Crippen LogP contribution in [-0.4, -0.2) is 40.7 Å². The lowest BCUT2D eigenvalue weighted by Gasteiger charge is -2.16. The van der Waals surface area contributed by atoms with Crippen LogP contribution in [0.4, 0.5) is 10.5 Å². The van der Waals surface area contributed by atoms with Crippen molar-refractivity contribution in [1.29, 1.82) is 0 Å². The molecule has 1 heterocycles. The highest BCUT2D eigenvalue weighted by molar-refractivity contribution is 5.92. The Bertz CT molecular complexity index is 681. The van der Waals surface area contributed by atoms with E-state index in [1.165, 1.54) is 4.90 Å². The molecule has 2 rings (SSSR count). The molecular formula is C15H18N4O4. The summed E-state index contributed by atoms with van der Waals surface area (Å²) in [7, 11) is 1.62. The van der Waals surface area contributed by atoms with Crippen molar-refractivity contribution in [3.05, 3.63) is 41.5 Å². The average molecular weight is 318 g/mol. The predicted octanol–water partition coefficient (Wildman–Crippen LogP) is 2.22. The molecule has 2 amide bonds. The number of urea groups is 1. The zero-order valence-corrected chi connectivity index (χ0v) is 13.2. The van der Waals surface area contributed by atoms with Crippen LogP contribution >= 0.6 is 0 Å². The summed E-state index contributed by atoms with van der Waals surface area (Å²) in [5.74, 6) is 0.483. The second-order valence-corrected chi connectivity index (χ2v) is 4.81. The second-order valence-electron chi connectivity index (χ2n) is 4.81. The summed E-state index contributed by atoms with van der Waals surface area (Å²) in [5, 5.41) is 6.45. The average Bonchev–Trinajstić information content (AvgIpc) is 2.93. The number of aromatic nitrogens is 2. The van der Waals surface area contributed by atoms with Gasteiger partial charge in [0.2, 0.25) is 5.89 Å². The fourth-order valence-corrected chi connectivity index (χ4v) is 1.81. The van der Waals surface area contributed by atoms with Crippen LogP contribution in [0.5, 0.6) is 0 Å². The molecule has 122 valence electrons. The molecule has 0 bridgehead atoms. The Balaban J connectivity index is 1.92. The van der Waals surface area contributed by atoms with Gasteiger partial charge in [0.15, 0.2) is 5.82 Å². The molecule has 2 aromatic rings. The van der Waals surface area contributed by atoms with Crippen LogP contribution in [0.15, 0.2) is 28.8 Å². The van der Waals surface area contributed by atoms with Crippen LogP contribution in [-0.2, 0) is 11.3 Å². The van der Waals surface area contributed by atoms with Gasteiger partial charge in [-0.25, -0.2) is 9.59 Å². The van der Waals surface area contributed by atoms with E-state index in [4.69, 9.17) is 9.26 Å². The SMILES string of the molecule is CCOC(=O)c1ccc(NC(=O)N(C)Cc2noc(C)n2)cc1. The minimum absolute atomic E-state index is 0.226. The zero-order chi connectivity index (χ0) is 16.8. The third kappa shape index (κ3) is 4.53. The van der Waals surface area contributed by atoms with Gasteiger partial charge in [-0.2, -0.15) is 4.98 Å². The lowest BCUT2D eigenvalue weighted by molar-refractivity contribution is 0.0526. The summed E-state index contributed by atoms with van der Waals surface area (Å²) >= 11 is 0. The summed E-state index contributed by atoms with van der Waals surface area (Å²) in [6, 6.07) is 6.13. The van der Waals surface area contributed by atoms with Crippen LogP contribution < -0.4 is 5.32 Å². The summed E-state index contributed by atoms with van der Waals surface area (Å²) in [4.78, 5) is 29.1. The highest BCUT2D eigenvalue weighted by Gasteiger charge is 2.13. The molecule has 0 fully saturated rings. The number of carbonyl (C=O) groups excluding carboxylic acids is 2. The molecule has 1 N–H and O–H groups in total. The van der Waals surface area contributed by atoms with Crippen LogP contribution in [0.3, 0.4) is 0 Å². The normalized spacial score (nSPS) is 10.2. The fraction of sp³-hybridized carbons (Fsp3) is 0.333. The molecule has 0 aliphatic carbocycles. The highest BCUT2D eigenvalue weighted by Crippen LogP contribution is 2.12. The van der Waals surface area contributed by atoms with E-state index >= 15 is 0 Å². The Morgan fingerprint density at radius 3 is 2.57 bits per heavy atom. The number of ether oxygens (including phenoxy) is 1. The van der Waals surface area contributed by atoms with Gasteiger partial charge < -0.3 is 19.5 Å². The predicted molar refractivity (Wildman–Crippen MR) is 81.9 cm³/mol. The third-order valence-corrected chi connectivity index (χ3v) is 2.94. The van der Waals surface area contributed by atoms with Gasteiger partial charge in [0.05, 0.1) is 18.7 Å². The first-order valence-electron chi connectivity index (χ1n) is 7.08. The fourth-order valence-electron chi connectivity index (χ4n) is 1.81. The molecule has 0 spiro atoms. The first-order chi connectivity index (χ1) is 11.0. The Hall–Kier alpha value is -2.90. The topological polar surface area (TPSA) is 97.6 Å². The molecule has 1 aromatic heterocycles. The largest absolute Gasteiger partial charge is 0.462 e. The number of carbonyl (C=O) groups is 2. The van der Waals surface area contributed by atoms with Gasteiger partial charge in [0.25, 0.3) is 0 Å². The highest BCUT2D eigenvalue weighted by atomic mass is 16.5. The number of nitrogens with zero attached hydrogens (tertiary/aromatic N) is 3. The molecule has 0 atom stereocenters. The van der Waals surface area contributed by atoms with E-state index in [0.717, 1.165) is 0 Å². The van der Waals surface area contributed by atoms with Gasteiger partial charge in [0, 0.05) is 19.7 Å². The van der Waals surface area contributed by atoms with Crippen molar-refractivity contribution in [2.24, 2.45) is 0 Å². The van der Waals surface area contributed by atoms with Gasteiger partial charge >= 0.3 is 12.0 Å². The van der Waals surface area contributed by atoms with Crippen LogP contribution in [0, 0.1) is 6.92 Å². The first-order valence-corrected chi connectivity index (χ1v) is 7.08. The summed E-state index contributed by atoms with van der Waals surface area (Å²) in [6.07, 6.45) is 0. The number of rotatable bonds is 5. The van der Waals surface area contributed by atoms with Crippen molar-refractivity contribution in [1.82, 2.24) is 15.0 Å². The smallest absolute Gasteiger partial charge is 0.338 e. The van der Waals surface area contributed by atoms with Crippen molar-refractivity contribution in [3.8, 4) is 0 Å². The van der Waals surface area contributed by atoms with E-state index in [9.17, 15) is 9.59 Å². The maximum absolute atomic E-state index is 12.1. The molecule has 0 saturated carbocycles. The van der Waals surface area contributed by atoms with E-state index in [1.54, 1.807) is 45.2 Å². The van der Waals surface area contributed by atoms with E-state index in [-0.39, 0.29) is 12.6 Å². The number of nitrogens with one attached hydrogen (secondary N) is 1. The summed E-state index contributed by atoms with van der Waals surface area (Å²) in [6.45, 7) is 3.97. The van der Waals surface area contributed by atoms with Gasteiger partial charge in [-0.1, -0.05) is 5.16 Å². The minimum Gasteiger partial charge on any atom is -0.462 e. The summed E-state index contributed by atoms with van der Waals surface area (Å²) < 4.78 is 9.75. The van der Waals surface area contributed by atoms with E-state index < -0.39 is 5.97 Å². The number of aryl methyl sites for hydroxylation is 1. The maximum atomic E-state index is 12.1. The monoisotopic (exact) mass is 318 g/mol. The van der Waals surface area contributed by atoms with Crippen molar-refractivity contribution in [2.45, 2.75) is 20.4 Å². The molecule has 0 saturated heterocycles. The van der Waals surface area contributed by atoms with E-state index in [2.05, 4.69) is 15.5 Å². The Morgan fingerprint density at radius 1 is 1.30 bits per heavy atom. The molecule has 0 radical (unpaired) electrons. The Kier molecular flexibility index (Phi) is 5.29. The molecule has 0 aliphatic rings. The maximum Gasteiger partial charge on any atom is 0.338 e. The molecule has 8 heteroatoms. The number of esters is 1. The quantitative estimate of drug-likeness (QED) is 0.849. The minimum atomic E-state index is -0.394. The van der Waals surface area contributed by atoms with Gasteiger partial charge in [-0.15, -0.1) is 0 Å². The Labute approximate surface area is 133 Å². The van der Waals surface area contributed by atoms with Crippen molar-refractivity contribution in [2.75, 3.05) is 19.0 Å². The van der Waals surface area contributed by atoms with Crippen LogP contribution in [0.25, 0.3) is 0 Å². The van der Waals surface area contributed by atoms with E-state index in [1.807, 2.05) is 0 Å². The van der Waals surface area contributed by atoms with E-state index in [0.29, 0.717) is 29.6 Å². The lowest BCUT2D eigenvalue weighted by atomic mass is 10.2. The van der Waals surface area contributed by atoms with Crippen LogP contribution in [0.1, 0.15) is 29.0 Å². The lowest BCUT2D eigenvalue weighted by Crippen LogP contribution is -2.31. The number of hydrogen-bond donors (Lipinski definition) is 1.